The van der Waals surface area contributed by atoms with Gasteiger partial charge in [0.1, 0.15) is 5.75 Å². The van der Waals surface area contributed by atoms with Crippen molar-refractivity contribution in [2.24, 2.45) is 0 Å². The fourth-order valence-electron chi connectivity index (χ4n) is 2.19. The van der Waals surface area contributed by atoms with Crippen LogP contribution in [0.4, 0.5) is 5.69 Å². The second kappa shape index (κ2) is 5.28. The first-order valence-corrected chi connectivity index (χ1v) is 7.36. The van der Waals surface area contributed by atoms with Gasteiger partial charge in [0.05, 0.1) is 16.2 Å². The Morgan fingerprint density at radius 1 is 1.24 bits per heavy atom. The molecule has 2 N–H and O–H groups in total. The van der Waals surface area contributed by atoms with Gasteiger partial charge in [-0.2, -0.15) is 0 Å². The number of pyridine rings is 1. The summed E-state index contributed by atoms with van der Waals surface area (Å²) in [7, 11) is 0. The second-order valence-electron chi connectivity index (χ2n) is 5.22. The number of ether oxygens (including phenoxy) is 1. The topological polar surface area (TPSA) is 57.2 Å². The van der Waals surface area contributed by atoms with Gasteiger partial charge < -0.3 is 15.0 Å². The highest BCUT2D eigenvalue weighted by Crippen LogP contribution is 2.39. The third-order valence-electron chi connectivity index (χ3n) is 3.38. The minimum atomic E-state index is 0.0133. The van der Waals surface area contributed by atoms with Gasteiger partial charge in [-0.1, -0.05) is 23.2 Å². The molecule has 0 aliphatic heterocycles. The van der Waals surface area contributed by atoms with Gasteiger partial charge in [-0.15, -0.1) is 0 Å². The molecule has 21 heavy (non-hydrogen) atoms. The zero-order chi connectivity index (χ0) is 15.1. The zero-order valence-electron chi connectivity index (χ0n) is 11.4. The van der Waals surface area contributed by atoms with Gasteiger partial charge in [0.15, 0.2) is 5.75 Å². The summed E-state index contributed by atoms with van der Waals surface area (Å²) in [5.41, 5.74) is 6.78. The molecule has 1 aliphatic rings. The van der Waals surface area contributed by atoms with Crippen LogP contribution in [0.1, 0.15) is 24.4 Å². The minimum absolute atomic E-state index is 0.0133. The molecule has 0 atom stereocenters. The van der Waals surface area contributed by atoms with E-state index in [0.717, 1.165) is 12.8 Å². The van der Waals surface area contributed by atoms with E-state index in [0.29, 0.717) is 32.8 Å². The quantitative estimate of drug-likeness (QED) is 0.862. The molecule has 0 amide bonds. The molecular formula is C15H14Cl2N2O2. The molecule has 1 aliphatic carbocycles. The first-order valence-electron chi connectivity index (χ1n) is 6.61. The Morgan fingerprint density at radius 3 is 2.43 bits per heavy atom. The number of aromatic nitrogens is 1. The average Bonchev–Trinajstić information content (AvgIpc) is 3.22. The fourth-order valence-corrected chi connectivity index (χ4v) is 2.77. The lowest BCUT2D eigenvalue weighted by molar-refractivity contribution is 0.472. The molecule has 0 radical (unpaired) electrons. The molecule has 1 aromatic carbocycles. The normalized spacial score (nSPS) is 14.2. The van der Waals surface area contributed by atoms with Crippen LogP contribution in [0.2, 0.25) is 10.0 Å². The zero-order valence-corrected chi connectivity index (χ0v) is 12.9. The van der Waals surface area contributed by atoms with Gasteiger partial charge in [0, 0.05) is 17.3 Å². The standard InChI is InChI=1S/C15H14Cl2N2O2/c1-8-4-11(7-19(15(8)20)10-2-3-10)21-14-12(16)5-9(18)6-13(14)17/h4-7,10H,2-3,18H2,1H3. The fraction of sp³-hybridized carbons (Fsp3) is 0.267. The van der Waals surface area contributed by atoms with Gasteiger partial charge in [0.25, 0.3) is 5.56 Å². The monoisotopic (exact) mass is 324 g/mol. The van der Waals surface area contributed by atoms with Crippen molar-refractivity contribution in [3.05, 3.63) is 50.4 Å². The van der Waals surface area contributed by atoms with Gasteiger partial charge in [0.2, 0.25) is 0 Å². The van der Waals surface area contributed by atoms with Crippen LogP contribution in [-0.4, -0.2) is 4.57 Å². The Hall–Kier alpha value is -1.65. The van der Waals surface area contributed by atoms with Crippen LogP contribution in [0.25, 0.3) is 0 Å². The van der Waals surface area contributed by atoms with Gasteiger partial charge in [-0.05, 0) is 38.0 Å². The average molecular weight is 325 g/mol. The number of rotatable bonds is 3. The van der Waals surface area contributed by atoms with Crippen LogP contribution < -0.4 is 16.0 Å². The van der Waals surface area contributed by atoms with Crippen LogP contribution in [0, 0.1) is 6.92 Å². The summed E-state index contributed by atoms with van der Waals surface area (Å²) in [6, 6.07) is 5.11. The van der Waals surface area contributed by atoms with Crippen LogP contribution in [-0.2, 0) is 0 Å². The second-order valence-corrected chi connectivity index (χ2v) is 6.03. The molecule has 110 valence electrons. The summed E-state index contributed by atoms with van der Waals surface area (Å²) in [4.78, 5) is 12.1. The number of nitrogen functional groups attached to an aromatic ring is 1. The van der Waals surface area contributed by atoms with Gasteiger partial charge in [-0.3, -0.25) is 4.79 Å². The molecule has 1 heterocycles. The first-order chi connectivity index (χ1) is 9.95. The lowest BCUT2D eigenvalue weighted by atomic mass is 10.3. The summed E-state index contributed by atoms with van der Waals surface area (Å²) in [6.07, 6.45) is 3.74. The molecule has 0 spiro atoms. The Bertz CT molecular complexity index is 744. The number of aryl methyl sites for hydroxylation is 1. The van der Waals surface area contributed by atoms with Crippen LogP contribution in [0.3, 0.4) is 0 Å². The van der Waals surface area contributed by atoms with E-state index < -0.39 is 0 Å². The number of nitrogens with zero attached hydrogens (tertiary/aromatic N) is 1. The van der Waals surface area contributed by atoms with Crippen molar-refractivity contribution in [2.75, 3.05) is 5.73 Å². The van der Waals surface area contributed by atoms with Crippen LogP contribution in [0.5, 0.6) is 11.5 Å². The Balaban J connectivity index is 2.01. The summed E-state index contributed by atoms with van der Waals surface area (Å²) in [5.74, 6) is 0.875. The number of benzene rings is 1. The van der Waals surface area contributed by atoms with E-state index in [1.54, 1.807) is 35.9 Å². The lowest BCUT2D eigenvalue weighted by Gasteiger charge is -2.13. The first kappa shape index (κ1) is 14.3. The Labute approximate surface area is 132 Å². The molecule has 1 fully saturated rings. The van der Waals surface area contributed by atoms with Crippen LogP contribution >= 0.6 is 23.2 Å². The van der Waals surface area contributed by atoms with Gasteiger partial charge in [-0.25, -0.2) is 0 Å². The summed E-state index contributed by atoms with van der Waals surface area (Å²) < 4.78 is 7.48. The predicted molar refractivity (Wildman–Crippen MR) is 84.7 cm³/mol. The van der Waals surface area contributed by atoms with Crippen molar-refractivity contribution < 1.29 is 4.74 Å². The van der Waals surface area contributed by atoms with Crippen molar-refractivity contribution in [1.29, 1.82) is 0 Å². The number of halogens is 2. The number of hydrogen-bond acceptors (Lipinski definition) is 3. The van der Waals surface area contributed by atoms with E-state index in [2.05, 4.69) is 0 Å². The van der Waals surface area contributed by atoms with Crippen molar-refractivity contribution >= 4 is 28.9 Å². The molecule has 1 saturated carbocycles. The molecule has 0 unspecified atom stereocenters. The Morgan fingerprint density at radius 2 is 1.86 bits per heavy atom. The molecular weight excluding hydrogens is 311 g/mol. The molecule has 0 saturated heterocycles. The Kier molecular flexibility index (Phi) is 3.59. The lowest BCUT2D eigenvalue weighted by Crippen LogP contribution is -2.20. The molecule has 3 rings (SSSR count). The minimum Gasteiger partial charge on any atom is -0.453 e. The smallest absolute Gasteiger partial charge is 0.253 e. The summed E-state index contributed by atoms with van der Waals surface area (Å²) in [5, 5.41) is 0.670. The molecule has 4 nitrogen and oxygen atoms in total. The van der Waals surface area contributed by atoms with Gasteiger partial charge >= 0.3 is 0 Å². The molecule has 0 bridgehead atoms. The third-order valence-corrected chi connectivity index (χ3v) is 3.94. The van der Waals surface area contributed by atoms with Crippen molar-refractivity contribution in [1.82, 2.24) is 4.57 Å². The number of anilines is 1. The number of nitrogens with two attached hydrogens (primary N) is 1. The van der Waals surface area contributed by atoms with Crippen LogP contribution in [0.15, 0.2) is 29.2 Å². The van der Waals surface area contributed by atoms with E-state index in [4.69, 9.17) is 33.7 Å². The van der Waals surface area contributed by atoms with Crippen molar-refractivity contribution in [3.63, 3.8) is 0 Å². The highest BCUT2D eigenvalue weighted by Gasteiger charge is 2.25. The van der Waals surface area contributed by atoms with E-state index >= 15 is 0 Å². The van der Waals surface area contributed by atoms with E-state index in [1.165, 1.54) is 0 Å². The summed E-state index contributed by atoms with van der Waals surface area (Å²) in [6.45, 7) is 1.76. The predicted octanol–water partition coefficient (Wildman–Crippen LogP) is 4.17. The maximum atomic E-state index is 12.1. The summed E-state index contributed by atoms with van der Waals surface area (Å²) >= 11 is 12.2. The maximum Gasteiger partial charge on any atom is 0.253 e. The van der Waals surface area contributed by atoms with Crippen molar-refractivity contribution in [3.8, 4) is 11.5 Å². The SMILES string of the molecule is Cc1cc(Oc2c(Cl)cc(N)cc2Cl)cn(C2CC2)c1=O. The molecule has 6 heteroatoms. The number of hydrogen-bond donors (Lipinski definition) is 1. The van der Waals surface area contributed by atoms with E-state index in [9.17, 15) is 4.79 Å². The highest BCUT2D eigenvalue weighted by molar-refractivity contribution is 6.37. The third kappa shape index (κ3) is 2.87. The highest BCUT2D eigenvalue weighted by atomic mass is 35.5. The molecule has 2 aromatic rings. The van der Waals surface area contributed by atoms with Crippen molar-refractivity contribution in [2.45, 2.75) is 25.8 Å². The van der Waals surface area contributed by atoms with E-state index in [1.807, 2.05) is 0 Å². The molecule has 1 aromatic heterocycles. The largest absolute Gasteiger partial charge is 0.453 e. The maximum absolute atomic E-state index is 12.1. The van der Waals surface area contributed by atoms with E-state index in [-0.39, 0.29) is 11.6 Å².